The average molecular weight is 378 g/mol. The predicted molar refractivity (Wildman–Crippen MR) is 99.1 cm³/mol. The first-order chi connectivity index (χ1) is 12.0. The van der Waals surface area contributed by atoms with Gasteiger partial charge in [-0.2, -0.15) is 0 Å². The van der Waals surface area contributed by atoms with Gasteiger partial charge in [0, 0.05) is 5.02 Å². The van der Waals surface area contributed by atoms with E-state index in [0.717, 1.165) is 5.56 Å². The van der Waals surface area contributed by atoms with Gasteiger partial charge >= 0.3 is 0 Å². The smallest absolute Gasteiger partial charge is 0.276 e. The molecule has 0 atom stereocenters. The second-order valence-electron chi connectivity index (χ2n) is 4.96. The first kappa shape index (κ1) is 18.7. The van der Waals surface area contributed by atoms with Crippen LogP contribution in [0.1, 0.15) is 5.56 Å². The minimum atomic E-state index is -0.432. The van der Waals surface area contributed by atoms with Crippen molar-refractivity contribution in [2.75, 3.05) is 6.61 Å². The van der Waals surface area contributed by atoms with Crippen molar-refractivity contribution in [1.29, 1.82) is 0 Å². The van der Waals surface area contributed by atoms with Crippen molar-refractivity contribution in [3.8, 4) is 5.75 Å². The Bertz CT molecular complexity index is 739. The maximum atomic E-state index is 11.9. The van der Waals surface area contributed by atoms with Gasteiger partial charge in [0.15, 0.2) is 11.7 Å². The highest BCUT2D eigenvalue weighted by atomic mass is 35.5. The summed E-state index contributed by atoms with van der Waals surface area (Å²) in [6.45, 7) is -0.182. The molecule has 6 nitrogen and oxygen atoms in total. The lowest BCUT2D eigenvalue weighted by Crippen LogP contribution is -2.49. The van der Waals surface area contributed by atoms with Gasteiger partial charge in [-0.1, -0.05) is 41.9 Å². The van der Waals surface area contributed by atoms with E-state index in [4.69, 9.17) is 28.6 Å². The number of hydrogen-bond acceptors (Lipinski definition) is 4. The van der Waals surface area contributed by atoms with E-state index < -0.39 is 5.91 Å². The number of thiocarbonyl (C=S) groups is 1. The predicted octanol–water partition coefficient (Wildman–Crippen LogP) is 1.98. The maximum Gasteiger partial charge on any atom is 0.276 e. The highest BCUT2D eigenvalue weighted by Crippen LogP contribution is 2.09. The van der Waals surface area contributed by atoms with E-state index in [1.54, 1.807) is 48.5 Å². The van der Waals surface area contributed by atoms with Crippen molar-refractivity contribution in [2.45, 2.75) is 6.42 Å². The largest absolute Gasteiger partial charge is 0.484 e. The van der Waals surface area contributed by atoms with Gasteiger partial charge in [0.25, 0.3) is 5.91 Å². The van der Waals surface area contributed by atoms with Gasteiger partial charge in [-0.25, -0.2) is 0 Å². The molecule has 0 unspecified atom stereocenters. The number of hydrazine groups is 1. The van der Waals surface area contributed by atoms with Crippen molar-refractivity contribution in [2.24, 2.45) is 0 Å². The zero-order valence-corrected chi connectivity index (χ0v) is 14.7. The Morgan fingerprint density at radius 3 is 2.32 bits per heavy atom. The fraction of sp³-hybridized carbons (Fsp3) is 0.118. The summed E-state index contributed by atoms with van der Waals surface area (Å²) in [5, 5.41) is 3.06. The van der Waals surface area contributed by atoms with Gasteiger partial charge in [-0.15, -0.1) is 0 Å². The third kappa shape index (κ3) is 7.19. The molecule has 0 heterocycles. The summed E-state index contributed by atoms with van der Waals surface area (Å²) in [5.74, 6) is -0.163. The van der Waals surface area contributed by atoms with Gasteiger partial charge in [-0.05, 0) is 42.0 Å². The van der Waals surface area contributed by atoms with Crippen LogP contribution in [0.5, 0.6) is 5.75 Å². The fourth-order valence-corrected chi connectivity index (χ4v) is 2.11. The number of benzene rings is 2. The van der Waals surface area contributed by atoms with Crippen LogP contribution < -0.4 is 20.9 Å². The molecule has 0 aliphatic heterocycles. The van der Waals surface area contributed by atoms with Crippen LogP contribution in [-0.2, 0) is 16.0 Å². The number of ether oxygens (including phenoxy) is 1. The molecule has 2 rings (SSSR count). The average Bonchev–Trinajstić information content (AvgIpc) is 2.61. The summed E-state index contributed by atoms with van der Waals surface area (Å²) in [7, 11) is 0. The van der Waals surface area contributed by atoms with E-state index in [1.165, 1.54) is 0 Å². The lowest BCUT2D eigenvalue weighted by atomic mass is 10.1. The lowest BCUT2D eigenvalue weighted by molar-refractivity contribution is -0.124. The molecule has 0 aliphatic rings. The van der Waals surface area contributed by atoms with Gasteiger partial charge < -0.3 is 10.1 Å². The second kappa shape index (κ2) is 9.61. The van der Waals surface area contributed by atoms with E-state index >= 15 is 0 Å². The van der Waals surface area contributed by atoms with E-state index in [-0.39, 0.29) is 24.0 Å². The number of carbonyl (C=O) groups excluding carboxylic acids is 2. The number of rotatable bonds is 5. The third-order valence-electron chi connectivity index (χ3n) is 2.96. The minimum Gasteiger partial charge on any atom is -0.484 e. The van der Waals surface area contributed by atoms with E-state index in [9.17, 15) is 9.59 Å². The Hall–Kier alpha value is -2.64. The topological polar surface area (TPSA) is 79.5 Å². The number of nitrogens with one attached hydrogen (secondary N) is 3. The number of amides is 2. The third-order valence-corrected chi connectivity index (χ3v) is 3.42. The minimum absolute atomic E-state index is 0.00738. The van der Waals surface area contributed by atoms with Crippen LogP contribution in [0.4, 0.5) is 0 Å². The Kier molecular flexibility index (Phi) is 7.18. The first-order valence-electron chi connectivity index (χ1n) is 7.34. The standard InChI is InChI=1S/C17H16ClN3O3S/c18-13-8-6-12(7-9-13)10-15(22)19-17(25)21-20-16(23)11-24-14-4-2-1-3-5-14/h1-9H,10-11H2,(H,20,23)(H2,19,21,22,25). The van der Waals surface area contributed by atoms with Crippen molar-refractivity contribution >= 4 is 40.7 Å². The Morgan fingerprint density at radius 2 is 1.64 bits per heavy atom. The molecule has 0 saturated carbocycles. The van der Waals surface area contributed by atoms with Crippen LogP contribution in [-0.4, -0.2) is 23.5 Å². The molecule has 0 fully saturated rings. The molecule has 0 bridgehead atoms. The van der Waals surface area contributed by atoms with Gasteiger partial charge in [0.1, 0.15) is 5.75 Å². The van der Waals surface area contributed by atoms with Gasteiger partial charge in [0.05, 0.1) is 6.42 Å². The van der Waals surface area contributed by atoms with Gasteiger partial charge in [-0.3, -0.25) is 20.4 Å². The van der Waals surface area contributed by atoms with Crippen LogP contribution in [0.15, 0.2) is 54.6 Å². The quantitative estimate of drug-likeness (QED) is 0.548. The maximum absolute atomic E-state index is 11.9. The van der Waals surface area contributed by atoms with E-state index in [1.807, 2.05) is 6.07 Å². The molecule has 8 heteroatoms. The normalized spacial score (nSPS) is 9.80. The highest BCUT2D eigenvalue weighted by Gasteiger charge is 2.07. The molecule has 3 N–H and O–H groups in total. The van der Waals surface area contributed by atoms with Crippen LogP contribution in [0.25, 0.3) is 0 Å². The molecule has 2 aromatic rings. The monoisotopic (exact) mass is 377 g/mol. The molecule has 25 heavy (non-hydrogen) atoms. The van der Waals surface area contributed by atoms with Crippen molar-refractivity contribution in [1.82, 2.24) is 16.2 Å². The molecule has 0 saturated heterocycles. The van der Waals surface area contributed by atoms with Crippen molar-refractivity contribution < 1.29 is 14.3 Å². The second-order valence-corrected chi connectivity index (χ2v) is 5.80. The van der Waals surface area contributed by atoms with Crippen LogP contribution in [0.2, 0.25) is 5.02 Å². The molecule has 130 valence electrons. The van der Waals surface area contributed by atoms with Gasteiger partial charge in [0.2, 0.25) is 5.91 Å². The molecule has 2 amide bonds. The zero-order valence-electron chi connectivity index (χ0n) is 13.1. The summed E-state index contributed by atoms with van der Waals surface area (Å²) in [5.41, 5.74) is 5.58. The molecule has 0 spiro atoms. The SMILES string of the molecule is O=C(COc1ccccc1)NNC(=S)NC(=O)Cc1ccc(Cl)cc1. The highest BCUT2D eigenvalue weighted by molar-refractivity contribution is 7.80. The van der Waals surface area contributed by atoms with Crippen LogP contribution in [0, 0.1) is 0 Å². The zero-order chi connectivity index (χ0) is 18.1. The molecule has 0 aliphatic carbocycles. The first-order valence-corrected chi connectivity index (χ1v) is 8.12. The summed E-state index contributed by atoms with van der Waals surface area (Å²) in [6, 6.07) is 15.8. The summed E-state index contributed by atoms with van der Waals surface area (Å²) in [4.78, 5) is 23.5. The summed E-state index contributed by atoms with van der Waals surface area (Å²) < 4.78 is 5.28. The fourth-order valence-electron chi connectivity index (χ4n) is 1.82. The molecular weight excluding hydrogens is 362 g/mol. The number of carbonyl (C=O) groups is 2. The van der Waals surface area contributed by atoms with Crippen molar-refractivity contribution in [3.05, 3.63) is 65.2 Å². The lowest BCUT2D eigenvalue weighted by Gasteiger charge is -2.11. The Balaban J connectivity index is 1.66. The van der Waals surface area contributed by atoms with Crippen molar-refractivity contribution in [3.63, 3.8) is 0 Å². The van der Waals surface area contributed by atoms with E-state index in [2.05, 4.69) is 16.2 Å². The van der Waals surface area contributed by atoms with Crippen LogP contribution in [0.3, 0.4) is 0 Å². The Morgan fingerprint density at radius 1 is 0.960 bits per heavy atom. The number of hydrogen-bond donors (Lipinski definition) is 3. The molecule has 0 radical (unpaired) electrons. The van der Waals surface area contributed by atoms with Crippen LogP contribution >= 0.6 is 23.8 Å². The molecule has 0 aromatic heterocycles. The van der Waals surface area contributed by atoms with E-state index in [0.29, 0.717) is 10.8 Å². The summed E-state index contributed by atoms with van der Waals surface area (Å²) >= 11 is 10.7. The summed E-state index contributed by atoms with van der Waals surface area (Å²) in [6.07, 6.45) is 0.143. The number of para-hydroxylation sites is 1. The number of halogens is 1. The Labute approximate surface area is 155 Å². The molecule has 2 aromatic carbocycles. The molecular formula is C17H16ClN3O3S.